The Kier molecular flexibility index (Phi) is 4.14. The number of nitrogens with one attached hydrogen (secondary N) is 2. The van der Waals surface area contributed by atoms with Crippen molar-refractivity contribution in [1.29, 1.82) is 0 Å². The van der Waals surface area contributed by atoms with Crippen LogP contribution in [0.2, 0.25) is 0 Å². The second-order valence-electron chi connectivity index (χ2n) is 5.38. The summed E-state index contributed by atoms with van der Waals surface area (Å²) in [4.78, 5) is 30.6. The molecule has 2 aromatic heterocycles. The van der Waals surface area contributed by atoms with Crippen molar-refractivity contribution in [1.82, 2.24) is 19.7 Å². The van der Waals surface area contributed by atoms with Gasteiger partial charge in [0.25, 0.3) is 11.5 Å². The summed E-state index contributed by atoms with van der Waals surface area (Å²) >= 11 is 0. The van der Waals surface area contributed by atoms with Crippen LogP contribution in [-0.2, 0) is 0 Å². The summed E-state index contributed by atoms with van der Waals surface area (Å²) in [6.07, 6.45) is 0. The number of aromatic nitrogens is 4. The first-order valence-corrected chi connectivity index (χ1v) is 7.25. The van der Waals surface area contributed by atoms with Gasteiger partial charge in [-0.05, 0) is 32.0 Å². The number of rotatable bonds is 3. The molecule has 2 heterocycles. The second kappa shape index (κ2) is 6.27. The van der Waals surface area contributed by atoms with Gasteiger partial charge < -0.3 is 5.32 Å². The number of anilines is 1. The molecule has 0 saturated heterocycles. The molecule has 2 N–H and O–H groups in total. The molecule has 0 aliphatic heterocycles. The van der Waals surface area contributed by atoms with Crippen LogP contribution in [0.15, 0.2) is 35.1 Å². The highest BCUT2D eigenvalue weighted by atomic mass is 19.2. The van der Waals surface area contributed by atoms with Crippen LogP contribution in [0.5, 0.6) is 0 Å². The molecule has 7 nitrogen and oxygen atoms in total. The predicted molar refractivity (Wildman–Crippen MR) is 85.8 cm³/mol. The summed E-state index contributed by atoms with van der Waals surface area (Å²) in [6, 6.07) is 5.70. The van der Waals surface area contributed by atoms with Crippen molar-refractivity contribution in [2.24, 2.45) is 0 Å². The maximum absolute atomic E-state index is 13.3. The molecule has 0 spiro atoms. The lowest BCUT2D eigenvalue weighted by atomic mass is 10.2. The maximum Gasteiger partial charge on any atom is 0.256 e. The number of amides is 1. The van der Waals surface area contributed by atoms with Gasteiger partial charge in [0.2, 0.25) is 5.95 Å². The quantitative estimate of drug-likeness (QED) is 0.760. The van der Waals surface area contributed by atoms with Crippen molar-refractivity contribution >= 4 is 11.7 Å². The third-order valence-electron chi connectivity index (χ3n) is 3.31. The van der Waals surface area contributed by atoms with Crippen LogP contribution in [0, 0.1) is 25.5 Å². The molecule has 3 aromatic rings. The number of H-pyrrole nitrogens is 1. The number of hydrogen-bond acceptors (Lipinski definition) is 4. The van der Waals surface area contributed by atoms with E-state index in [2.05, 4.69) is 20.4 Å². The average molecular weight is 345 g/mol. The summed E-state index contributed by atoms with van der Waals surface area (Å²) in [5, 5.41) is 6.72. The van der Waals surface area contributed by atoms with Gasteiger partial charge in [-0.3, -0.25) is 14.6 Å². The summed E-state index contributed by atoms with van der Waals surface area (Å²) in [6.45, 7) is 3.34. The molecule has 0 fully saturated rings. The molecule has 9 heteroatoms. The van der Waals surface area contributed by atoms with Gasteiger partial charge in [0.1, 0.15) is 5.82 Å². The Morgan fingerprint density at radius 1 is 1.12 bits per heavy atom. The van der Waals surface area contributed by atoms with E-state index in [0.29, 0.717) is 11.4 Å². The molecule has 0 aliphatic rings. The topological polar surface area (TPSA) is 92.7 Å². The SMILES string of the molecule is Cc1cc(=O)[nH]c(-n2nc(C)cc2NC(=O)c2ccc(F)c(F)c2)n1. The second-order valence-corrected chi connectivity index (χ2v) is 5.38. The molecule has 0 saturated carbocycles. The Labute approximate surface area is 140 Å². The Balaban J connectivity index is 1.97. The number of hydrogen-bond donors (Lipinski definition) is 2. The van der Waals surface area contributed by atoms with Crippen molar-refractivity contribution in [3.8, 4) is 5.95 Å². The molecule has 3 rings (SSSR count). The van der Waals surface area contributed by atoms with E-state index in [4.69, 9.17) is 0 Å². The van der Waals surface area contributed by atoms with E-state index in [1.807, 2.05) is 0 Å². The highest BCUT2D eigenvalue weighted by Crippen LogP contribution is 2.16. The van der Waals surface area contributed by atoms with Gasteiger partial charge in [0.15, 0.2) is 11.6 Å². The van der Waals surface area contributed by atoms with Gasteiger partial charge >= 0.3 is 0 Å². The molecule has 0 bridgehead atoms. The number of aromatic amines is 1. The third kappa shape index (κ3) is 3.44. The fourth-order valence-corrected chi connectivity index (χ4v) is 2.24. The van der Waals surface area contributed by atoms with Gasteiger partial charge in [-0.15, -0.1) is 0 Å². The summed E-state index contributed by atoms with van der Waals surface area (Å²) in [5.74, 6) is -2.48. The lowest BCUT2D eigenvalue weighted by Crippen LogP contribution is -2.19. The summed E-state index contributed by atoms with van der Waals surface area (Å²) in [5.41, 5.74) is 0.609. The number of aryl methyl sites for hydroxylation is 2. The number of carbonyl (C=O) groups is 1. The first kappa shape index (κ1) is 16.5. The van der Waals surface area contributed by atoms with Crippen molar-refractivity contribution in [3.63, 3.8) is 0 Å². The maximum atomic E-state index is 13.3. The minimum atomic E-state index is -1.12. The van der Waals surface area contributed by atoms with Gasteiger partial charge in [-0.2, -0.15) is 9.78 Å². The Morgan fingerprint density at radius 2 is 1.88 bits per heavy atom. The zero-order valence-electron chi connectivity index (χ0n) is 13.3. The van der Waals surface area contributed by atoms with E-state index in [0.717, 1.165) is 18.2 Å². The van der Waals surface area contributed by atoms with Crippen molar-refractivity contribution < 1.29 is 13.6 Å². The first-order chi connectivity index (χ1) is 11.8. The highest BCUT2D eigenvalue weighted by Gasteiger charge is 2.15. The van der Waals surface area contributed by atoms with Gasteiger partial charge in [0, 0.05) is 23.4 Å². The Bertz CT molecular complexity index is 1030. The van der Waals surface area contributed by atoms with E-state index in [1.165, 1.54) is 10.7 Å². The van der Waals surface area contributed by atoms with Crippen LogP contribution in [0.3, 0.4) is 0 Å². The molecule has 128 valence electrons. The monoisotopic (exact) mass is 345 g/mol. The molecular formula is C16H13F2N5O2. The Hall–Kier alpha value is -3.36. The van der Waals surface area contributed by atoms with Crippen LogP contribution in [0.4, 0.5) is 14.6 Å². The van der Waals surface area contributed by atoms with E-state index in [1.54, 1.807) is 19.9 Å². The smallest absolute Gasteiger partial charge is 0.256 e. The van der Waals surface area contributed by atoms with E-state index in [-0.39, 0.29) is 22.9 Å². The largest absolute Gasteiger partial charge is 0.306 e. The van der Waals surface area contributed by atoms with Gasteiger partial charge in [-0.25, -0.2) is 13.8 Å². The normalized spacial score (nSPS) is 10.7. The Morgan fingerprint density at radius 3 is 2.56 bits per heavy atom. The van der Waals surface area contributed by atoms with Crippen LogP contribution >= 0.6 is 0 Å². The lowest BCUT2D eigenvalue weighted by Gasteiger charge is -2.08. The lowest BCUT2D eigenvalue weighted by molar-refractivity contribution is 0.102. The summed E-state index contributed by atoms with van der Waals surface area (Å²) < 4.78 is 27.5. The molecule has 25 heavy (non-hydrogen) atoms. The fraction of sp³-hybridized carbons (Fsp3) is 0.125. The number of benzene rings is 1. The fourth-order valence-electron chi connectivity index (χ4n) is 2.24. The van der Waals surface area contributed by atoms with Gasteiger partial charge in [-0.1, -0.05) is 0 Å². The highest BCUT2D eigenvalue weighted by molar-refractivity contribution is 6.03. The molecule has 1 aromatic carbocycles. The number of halogens is 2. The number of nitrogens with zero attached hydrogens (tertiary/aromatic N) is 3. The molecule has 0 radical (unpaired) electrons. The van der Waals surface area contributed by atoms with Crippen LogP contribution in [-0.4, -0.2) is 25.7 Å². The van der Waals surface area contributed by atoms with Crippen LogP contribution in [0.25, 0.3) is 5.95 Å². The van der Waals surface area contributed by atoms with Gasteiger partial charge in [0.05, 0.1) is 5.69 Å². The molecule has 0 aliphatic carbocycles. The van der Waals surface area contributed by atoms with Crippen LogP contribution in [0.1, 0.15) is 21.7 Å². The molecular weight excluding hydrogens is 332 g/mol. The minimum Gasteiger partial charge on any atom is -0.306 e. The predicted octanol–water partition coefficient (Wildman–Crippen LogP) is 2.10. The summed E-state index contributed by atoms with van der Waals surface area (Å²) in [7, 11) is 0. The average Bonchev–Trinajstić information content (AvgIpc) is 2.89. The molecule has 0 atom stereocenters. The van der Waals surface area contributed by atoms with Crippen molar-refractivity contribution in [3.05, 3.63) is 69.3 Å². The van der Waals surface area contributed by atoms with E-state index < -0.39 is 17.5 Å². The molecule has 1 amide bonds. The first-order valence-electron chi connectivity index (χ1n) is 7.25. The standard InChI is InChI=1S/C16H13F2N5O2/c1-8-6-14(24)21-16(19-8)23-13(5-9(2)22-23)20-15(25)10-3-4-11(17)12(18)7-10/h3-7H,1-2H3,(H,20,25)(H,19,21,24). The van der Waals surface area contributed by atoms with Crippen molar-refractivity contribution in [2.45, 2.75) is 13.8 Å². The third-order valence-corrected chi connectivity index (χ3v) is 3.31. The number of carbonyl (C=O) groups excluding carboxylic acids is 1. The zero-order chi connectivity index (χ0) is 18.1. The van der Waals surface area contributed by atoms with Crippen molar-refractivity contribution in [2.75, 3.05) is 5.32 Å². The zero-order valence-corrected chi connectivity index (χ0v) is 13.3. The minimum absolute atomic E-state index is 0.0602. The van der Waals surface area contributed by atoms with E-state index in [9.17, 15) is 18.4 Å². The van der Waals surface area contributed by atoms with Crippen LogP contribution < -0.4 is 10.9 Å². The van der Waals surface area contributed by atoms with E-state index >= 15 is 0 Å². The molecule has 0 unspecified atom stereocenters.